The van der Waals surface area contributed by atoms with Gasteiger partial charge in [0, 0.05) is 5.57 Å². The predicted molar refractivity (Wildman–Crippen MR) is 58.0 cm³/mol. The van der Waals surface area contributed by atoms with Crippen molar-refractivity contribution >= 4 is 0 Å². The first-order valence-electron chi connectivity index (χ1n) is 5.45. The van der Waals surface area contributed by atoms with Crippen molar-refractivity contribution in [1.29, 1.82) is 0 Å². The fraction of sp³-hybridized carbons (Fsp3) is 0.600. The molecule has 1 atom stereocenters. The predicted octanol–water partition coefficient (Wildman–Crippen LogP) is -6.37. The molecule has 1 saturated carbocycles. The van der Waals surface area contributed by atoms with Crippen molar-refractivity contribution in [1.82, 2.24) is 0 Å². The molecule has 0 saturated heterocycles. The normalized spacial score (nSPS) is 37.6. The zero-order valence-corrected chi connectivity index (χ0v) is 10.2. The van der Waals surface area contributed by atoms with E-state index in [1.807, 2.05) is 0 Å². The van der Waals surface area contributed by atoms with E-state index in [1.165, 1.54) is 0 Å². The molecule has 0 amide bonds. The van der Waals surface area contributed by atoms with Crippen LogP contribution in [0.5, 0.6) is 0 Å². The molecule has 0 bridgehead atoms. The van der Waals surface area contributed by atoms with Crippen LogP contribution in [-0.4, -0.2) is 90.7 Å². The quantitative estimate of drug-likeness (QED) is 0.189. The molecular formula is C10H14O11. The second-order valence-electron chi connectivity index (χ2n) is 5.06. The Hall–Kier alpha value is -0.960. The second kappa shape index (κ2) is 3.68. The summed E-state index contributed by atoms with van der Waals surface area (Å²) in [5.74, 6) is -21.2. The van der Waals surface area contributed by atoms with E-state index in [9.17, 15) is 56.2 Å². The molecule has 2 rings (SSSR count). The maximum Gasteiger partial charge on any atom is 0.284 e. The molecule has 21 heavy (non-hydrogen) atoms. The van der Waals surface area contributed by atoms with E-state index in [1.54, 1.807) is 0 Å². The van der Waals surface area contributed by atoms with Gasteiger partial charge in [0.2, 0.25) is 11.4 Å². The number of aliphatic hydroxyl groups is 11. The van der Waals surface area contributed by atoms with Gasteiger partial charge in [-0.3, -0.25) is 0 Å². The molecule has 0 spiro atoms. The van der Waals surface area contributed by atoms with Crippen LogP contribution in [0.3, 0.4) is 0 Å². The van der Waals surface area contributed by atoms with Crippen LogP contribution in [0.4, 0.5) is 0 Å². The molecule has 120 valence electrons. The summed E-state index contributed by atoms with van der Waals surface area (Å²) in [6, 6.07) is 0. The highest BCUT2D eigenvalue weighted by molar-refractivity contribution is 5.47. The SMILES string of the molecule is OC1(O)C=CC=C2C(O)(O)C(O)(O)C(O)(O)C(O)(O)C21O. The molecule has 0 aromatic heterocycles. The van der Waals surface area contributed by atoms with E-state index in [0.717, 1.165) is 0 Å². The highest BCUT2D eigenvalue weighted by Crippen LogP contribution is 2.56. The molecule has 2 aliphatic rings. The third kappa shape index (κ3) is 1.39. The van der Waals surface area contributed by atoms with Crippen LogP contribution in [0.25, 0.3) is 0 Å². The summed E-state index contributed by atoms with van der Waals surface area (Å²) in [7, 11) is 0. The monoisotopic (exact) mass is 310 g/mol. The summed E-state index contributed by atoms with van der Waals surface area (Å²) in [4.78, 5) is 0. The van der Waals surface area contributed by atoms with E-state index >= 15 is 0 Å². The molecule has 11 heteroatoms. The van der Waals surface area contributed by atoms with E-state index < -0.39 is 40.1 Å². The zero-order chi connectivity index (χ0) is 16.7. The summed E-state index contributed by atoms with van der Waals surface area (Å²) in [6.07, 6.45) is 1.55. The first-order valence-corrected chi connectivity index (χ1v) is 5.45. The number of fused-ring (bicyclic) bond motifs is 1. The first-order chi connectivity index (χ1) is 9.09. The van der Waals surface area contributed by atoms with Crippen LogP contribution in [0.1, 0.15) is 0 Å². The molecule has 0 aliphatic heterocycles. The topological polar surface area (TPSA) is 223 Å². The van der Waals surface area contributed by atoms with E-state index in [0.29, 0.717) is 18.2 Å². The van der Waals surface area contributed by atoms with Crippen LogP contribution >= 0.6 is 0 Å². The largest absolute Gasteiger partial charge is 0.375 e. The Morgan fingerprint density at radius 1 is 0.619 bits per heavy atom. The maximum absolute atomic E-state index is 10.2. The minimum atomic E-state index is -4.61. The van der Waals surface area contributed by atoms with Gasteiger partial charge in [-0.05, 0) is 6.08 Å². The Kier molecular flexibility index (Phi) is 2.88. The Bertz CT molecular complexity index is 541. The molecule has 1 unspecified atom stereocenters. The lowest BCUT2D eigenvalue weighted by atomic mass is 9.60. The van der Waals surface area contributed by atoms with Gasteiger partial charge in [-0.25, -0.2) is 0 Å². The van der Waals surface area contributed by atoms with Crippen molar-refractivity contribution < 1.29 is 56.2 Å². The Balaban J connectivity index is 2.90. The van der Waals surface area contributed by atoms with Crippen molar-refractivity contribution in [3.63, 3.8) is 0 Å². The Labute approximate surface area is 115 Å². The minimum Gasteiger partial charge on any atom is -0.375 e. The van der Waals surface area contributed by atoms with E-state index in [4.69, 9.17) is 0 Å². The van der Waals surface area contributed by atoms with Gasteiger partial charge >= 0.3 is 0 Å². The fourth-order valence-corrected chi connectivity index (χ4v) is 2.46. The number of rotatable bonds is 0. The Morgan fingerprint density at radius 3 is 1.57 bits per heavy atom. The molecule has 11 N–H and O–H groups in total. The lowest BCUT2D eigenvalue weighted by Gasteiger charge is -2.61. The average molecular weight is 310 g/mol. The maximum atomic E-state index is 10.2. The Morgan fingerprint density at radius 2 is 1.10 bits per heavy atom. The van der Waals surface area contributed by atoms with Gasteiger partial charge in [0.25, 0.3) is 23.1 Å². The summed E-state index contributed by atoms with van der Waals surface area (Å²) in [5, 5.41) is 106. The summed E-state index contributed by atoms with van der Waals surface area (Å²) in [5.41, 5.74) is -5.45. The molecular weight excluding hydrogens is 296 g/mol. The molecule has 0 aromatic rings. The number of hydrogen-bond acceptors (Lipinski definition) is 11. The van der Waals surface area contributed by atoms with E-state index in [2.05, 4.69) is 0 Å². The third-order valence-electron chi connectivity index (χ3n) is 3.85. The molecule has 1 fully saturated rings. The standard InChI is InChI=1S/C10H14O11/c11-5(12)3-1-2-4-6(5,13)8(16,17)10(20,21)9(18,19)7(4,14)15/h1-3,11-21H. The number of allylic oxidation sites excluding steroid dienone is 2. The number of hydrogen-bond donors (Lipinski definition) is 11. The highest BCUT2D eigenvalue weighted by Gasteiger charge is 2.87. The summed E-state index contributed by atoms with van der Waals surface area (Å²) < 4.78 is 0. The highest BCUT2D eigenvalue weighted by atomic mass is 16.7. The third-order valence-corrected chi connectivity index (χ3v) is 3.85. The first kappa shape index (κ1) is 16.4. The molecule has 11 nitrogen and oxygen atoms in total. The van der Waals surface area contributed by atoms with Gasteiger partial charge in [0.1, 0.15) is 0 Å². The van der Waals surface area contributed by atoms with Gasteiger partial charge in [-0.1, -0.05) is 12.2 Å². The van der Waals surface area contributed by atoms with Gasteiger partial charge in [-0.15, -0.1) is 0 Å². The van der Waals surface area contributed by atoms with Crippen LogP contribution in [0.15, 0.2) is 23.8 Å². The van der Waals surface area contributed by atoms with Crippen LogP contribution in [0, 0.1) is 0 Å². The van der Waals surface area contributed by atoms with Crippen molar-refractivity contribution in [3.8, 4) is 0 Å². The van der Waals surface area contributed by atoms with Gasteiger partial charge in [0.05, 0.1) is 0 Å². The van der Waals surface area contributed by atoms with Crippen LogP contribution in [0.2, 0.25) is 0 Å². The summed E-state index contributed by atoms with van der Waals surface area (Å²) in [6.45, 7) is 0. The zero-order valence-electron chi connectivity index (χ0n) is 10.2. The lowest BCUT2D eigenvalue weighted by Crippen LogP contribution is -2.91. The second-order valence-corrected chi connectivity index (χ2v) is 5.06. The smallest absolute Gasteiger partial charge is 0.284 e. The van der Waals surface area contributed by atoms with Crippen molar-refractivity contribution in [2.45, 2.75) is 34.5 Å². The van der Waals surface area contributed by atoms with Gasteiger partial charge < -0.3 is 56.2 Å². The fourth-order valence-electron chi connectivity index (χ4n) is 2.46. The van der Waals surface area contributed by atoms with Crippen LogP contribution in [-0.2, 0) is 0 Å². The molecule has 0 heterocycles. The van der Waals surface area contributed by atoms with Gasteiger partial charge in [-0.2, -0.15) is 0 Å². The van der Waals surface area contributed by atoms with Gasteiger partial charge in [0.15, 0.2) is 0 Å². The van der Waals surface area contributed by atoms with Crippen molar-refractivity contribution in [3.05, 3.63) is 23.8 Å². The van der Waals surface area contributed by atoms with E-state index in [-0.39, 0.29) is 0 Å². The van der Waals surface area contributed by atoms with Crippen molar-refractivity contribution in [2.75, 3.05) is 0 Å². The molecule has 0 aromatic carbocycles. The van der Waals surface area contributed by atoms with Crippen LogP contribution < -0.4 is 0 Å². The lowest BCUT2D eigenvalue weighted by molar-refractivity contribution is -0.550. The average Bonchev–Trinajstić information content (AvgIpc) is 2.30. The summed E-state index contributed by atoms with van der Waals surface area (Å²) >= 11 is 0. The van der Waals surface area contributed by atoms with Crippen molar-refractivity contribution in [2.24, 2.45) is 0 Å². The molecule has 0 radical (unpaired) electrons. The minimum absolute atomic E-state index is 0.353. The molecule has 2 aliphatic carbocycles.